The quantitative estimate of drug-likeness (QED) is 0.779. The van der Waals surface area contributed by atoms with Crippen LogP contribution in [0.15, 0.2) is 42.5 Å². The van der Waals surface area contributed by atoms with Crippen molar-refractivity contribution in [3.8, 4) is 11.5 Å². The molecule has 2 rings (SSSR count). The van der Waals surface area contributed by atoms with Crippen molar-refractivity contribution in [1.29, 1.82) is 0 Å². The van der Waals surface area contributed by atoms with E-state index in [-0.39, 0.29) is 12.0 Å². The predicted octanol–water partition coefficient (Wildman–Crippen LogP) is 2.57. The van der Waals surface area contributed by atoms with Crippen molar-refractivity contribution in [3.05, 3.63) is 53.8 Å². The van der Waals surface area contributed by atoms with Crippen LogP contribution in [0, 0.1) is 5.82 Å². The number of ether oxygens (including phenoxy) is 3. The Balaban J connectivity index is 1.88. The standard InChI is InChI=1S/C18H18FNO5/c1-23-14-8-13(9-15(10-14)24-2)20-17(21)11-25-18(22)7-12-5-3-4-6-16(12)19/h3-6,8-10H,7,11H2,1-2H3,(H,20,21). The van der Waals surface area contributed by atoms with E-state index in [1.165, 1.54) is 32.4 Å². The first-order chi connectivity index (χ1) is 12.0. The number of benzene rings is 2. The maximum atomic E-state index is 13.5. The maximum Gasteiger partial charge on any atom is 0.310 e. The molecule has 0 bridgehead atoms. The number of carbonyl (C=O) groups is 2. The van der Waals surface area contributed by atoms with Gasteiger partial charge in [0.1, 0.15) is 17.3 Å². The van der Waals surface area contributed by atoms with Crippen molar-refractivity contribution in [2.45, 2.75) is 6.42 Å². The van der Waals surface area contributed by atoms with Crippen LogP contribution in [0.2, 0.25) is 0 Å². The molecule has 0 atom stereocenters. The van der Waals surface area contributed by atoms with Gasteiger partial charge in [0, 0.05) is 23.9 Å². The van der Waals surface area contributed by atoms with Gasteiger partial charge < -0.3 is 19.5 Å². The highest BCUT2D eigenvalue weighted by atomic mass is 19.1. The number of esters is 1. The molecule has 0 unspecified atom stereocenters. The fourth-order valence-corrected chi connectivity index (χ4v) is 2.07. The van der Waals surface area contributed by atoms with Gasteiger partial charge in [-0.3, -0.25) is 9.59 Å². The Morgan fingerprint density at radius 2 is 1.68 bits per heavy atom. The lowest BCUT2D eigenvalue weighted by Crippen LogP contribution is -2.21. The molecule has 25 heavy (non-hydrogen) atoms. The van der Waals surface area contributed by atoms with Gasteiger partial charge >= 0.3 is 5.97 Å². The first-order valence-electron chi connectivity index (χ1n) is 7.43. The Morgan fingerprint density at radius 3 is 2.28 bits per heavy atom. The number of anilines is 1. The highest BCUT2D eigenvalue weighted by Gasteiger charge is 2.12. The molecular formula is C18H18FNO5. The Bertz CT molecular complexity index is 741. The van der Waals surface area contributed by atoms with Gasteiger partial charge in [-0.25, -0.2) is 4.39 Å². The van der Waals surface area contributed by atoms with Crippen LogP contribution in [0.3, 0.4) is 0 Å². The fraction of sp³-hybridized carbons (Fsp3) is 0.222. The van der Waals surface area contributed by atoms with Crippen LogP contribution in [0.1, 0.15) is 5.56 Å². The van der Waals surface area contributed by atoms with Crippen LogP contribution in [0.25, 0.3) is 0 Å². The minimum absolute atomic E-state index is 0.213. The number of amides is 1. The molecule has 0 heterocycles. The lowest BCUT2D eigenvalue weighted by Gasteiger charge is -2.10. The first-order valence-corrected chi connectivity index (χ1v) is 7.43. The highest BCUT2D eigenvalue weighted by molar-refractivity contribution is 5.93. The van der Waals surface area contributed by atoms with E-state index in [0.29, 0.717) is 17.2 Å². The summed E-state index contributed by atoms with van der Waals surface area (Å²) in [6.45, 7) is -0.479. The van der Waals surface area contributed by atoms with E-state index in [9.17, 15) is 14.0 Å². The number of methoxy groups -OCH3 is 2. The molecule has 1 amide bonds. The van der Waals surface area contributed by atoms with Gasteiger partial charge in [0.15, 0.2) is 6.61 Å². The van der Waals surface area contributed by atoms with Crippen molar-refractivity contribution < 1.29 is 28.2 Å². The molecule has 0 aromatic heterocycles. The summed E-state index contributed by atoms with van der Waals surface area (Å²) in [5.74, 6) is -0.703. The first kappa shape index (κ1) is 18.3. The lowest BCUT2D eigenvalue weighted by atomic mass is 10.1. The summed E-state index contributed by atoms with van der Waals surface area (Å²) >= 11 is 0. The molecule has 2 aromatic rings. The summed E-state index contributed by atoms with van der Waals surface area (Å²) in [6.07, 6.45) is -0.243. The molecular weight excluding hydrogens is 329 g/mol. The van der Waals surface area contributed by atoms with E-state index < -0.39 is 24.3 Å². The molecule has 132 valence electrons. The van der Waals surface area contributed by atoms with Crippen LogP contribution < -0.4 is 14.8 Å². The Labute approximate surface area is 144 Å². The van der Waals surface area contributed by atoms with Crippen LogP contribution >= 0.6 is 0 Å². The third kappa shape index (κ3) is 5.49. The number of carbonyl (C=O) groups excluding carboxylic acids is 2. The number of nitrogens with one attached hydrogen (secondary N) is 1. The van der Waals surface area contributed by atoms with E-state index in [4.69, 9.17) is 14.2 Å². The minimum Gasteiger partial charge on any atom is -0.497 e. The zero-order valence-corrected chi connectivity index (χ0v) is 13.9. The Morgan fingerprint density at radius 1 is 1.04 bits per heavy atom. The average Bonchev–Trinajstić information content (AvgIpc) is 2.61. The molecule has 0 radical (unpaired) electrons. The third-order valence-electron chi connectivity index (χ3n) is 3.29. The number of rotatable bonds is 7. The zero-order chi connectivity index (χ0) is 18.2. The van der Waals surface area contributed by atoms with Gasteiger partial charge in [-0.15, -0.1) is 0 Å². The summed E-state index contributed by atoms with van der Waals surface area (Å²) in [5, 5.41) is 2.57. The summed E-state index contributed by atoms with van der Waals surface area (Å²) < 4.78 is 28.5. The van der Waals surface area contributed by atoms with Gasteiger partial charge in [0.05, 0.1) is 20.6 Å². The smallest absolute Gasteiger partial charge is 0.310 e. The molecule has 0 spiro atoms. The molecule has 0 saturated heterocycles. The second-order valence-electron chi connectivity index (χ2n) is 5.08. The van der Waals surface area contributed by atoms with E-state index in [2.05, 4.69) is 5.32 Å². The monoisotopic (exact) mass is 347 g/mol. The predicted molar refractivity (Wildman–Crippen MR) is 89.2 cm³/mol. The van der Waals surface area contributed by atoms with Gasteiger partial charge in [-0.2, -0.15) is 0 Å². The summed E-state index contributed by atoms with van der Waals surface area (Å²) in [4.78, 5) is 23.6. The fourth-order valence-electron chi connectivity index (χ4n) is 2.07. The third-order valence-corrected chi connectivity index (χ3v) is 3.29. The molecule has 6 nitrogen and oxygen atoms in total. The van der Waals surface area contributed by atoms with Crippen LogP contribution in [0.4, 0.5) is 10.1 Å². The lowest BCUT2D eigenvalue weighted by molar-refractivity contribution is -0.146. The second-order valence-corrected chi connectivity index (χ2v) is 5.08. The second kappa shape index (κ2) is 8.68. The highest BCUT2D eigenvalue weighted by Crippen LogP contribution is 2.25. The SMILES string of the molecule is COc1cc(NC(=O)COC(=O)Cc2ccccc2F)cc(OC)c1. The molecule has 0 aliphatic heterocycles. The molecule has 2 aromatic carbocycles. The van der Waals surface area contributed by atoms with Crippen molar-refractivity contribution in [3.63, 3.8) is 0 Å². The van der Waals surface area contributed by atoms with E-state index >= 15 is 0 Å². The summed E-state index contributed by atoms with van der Waals surface area (Å²) in [6, 6.07) is 10.7. The normalized spacial score (nSPS) is 10.0. The van der Waals surface area contributed by atoms with Crippen molar-refractivity contribution in [1.82, 2.24) is 0 Å². The van der Waals surface area contributed by atoms with Gasteiger partial charge in [-0.05, 0) is 11.6 Å². The van der Waals surface area contributed by atoms with Gasteiger partial charge in [-0.1, -0.05) is 18.2 Å². The molecule has 7 heteroatoms. The van der Waals surface area contributed by atoms with Crippen molar-refractivity contribution in [2.75, 3.05) is 26.1 Å². The van der Waals surface area contributed by atoms with E-state index in [0.717, 1.165) is 0 Å². The number of halogens is 1. The summed E-state index contributed by atoms with van der Waals surface area (Å²) in [7, 11) is 2.98. The molecule has 0 aliphatic rings. The van der Waals surface area contributed by atoms with Crippen LogP contribution in [-0.2, 0) is 20.7 Å². The average molecular weight is 347 g/mol. The Hall–Kier alpha value is -3.09. The van der Waals surface area contributed by atoms with Crippen molar-refractivity contribution in [2.24, 2.45) is 0 Å². The number of hydrogen-bond acceptors (Lipinski definition) is 5. The van der Waals surface area contributed by atoms with E-state index in [1.807, 2.05) is 0 Å². The maximum absolute atomic E-state index is 13.5. The van der Waals surface area contributed by atoms with Crippen molar-refractivity contribution >= 4 is 17.6 Å². The Kier molecular flexibility index (Phi) is 6.33. The molecule has 0 fully saturated rings. The van der Waals surface area contributed by atoms with Crippen LogP contribution in [0.5, 0.6) is 11.5 Å². The topological polar surface area (TPSA) is 73.9 Å². The number of hydrogen-bond donors (Lipinski definition) is 1. The van der Waals surface area contributed by atoms with Gasteiger partial charge in [0.25, 0.3) is 5.91 Å². The molecule has 0 aliphatic carbocycles. The zero-order valence-electron chi connectivity index (χ0n) is 13.9. The summed E-state index contributed by atoms with van der Waals surface area (Å²) in [5.41, 5.74) is 0.650. The molecule has 1 N–H and O–H groups in total. The van der Waals surface area contributed by atoms with Crippen LogP contribution in [-0.4, -0.2) is 32.7 Å². The molecule has 0 saturated carbocycles. The van der Waals surface area contributed by atoms with Gasteiger partial charge in [0.2, 0.25) is 0 Å². The largest absolute Gasteiger partial charge is 0.497 e. The minimum atomic E-state index is -0.691. The van der Waals surface area contributed by atoms with E-state index in [1.54, 1.807) is 24.3 Å².